The van der Waals surface area contributed by atoms with Crippen molar-refractivity contribution >= 4 is 35.0 Å². The Kier molecular flexibility index (Phi) is 2.92. The van der Waals surface area contributed by atoms with Crippen LogP contribution >= 0.6 is 12.2 Å². The zero-order valence-corrected chi connectivity index (χ0v) is 16.3. The van der Waals surface area contributed by atoms with E-state index in [9.17, 15) is 4.39 Å². The van der Waals surface area contributed by atoms with Crippen molar-refractivity contribution in [3.63, 3.8) is 0 Å². The van der Waals surface area contributed by atoms with E-state index in [1.807, 2.05) is 35.2 Å². The van der Waals surface area contributed by atoms with Crippen LogP contribution in [0.25, 0.3) is 11.2 Å². The molecule has 1 aliphatic heterocycles. The number of hydrogen-bond donors (Lipinski definition) is 1. The Balaban J connectivity index is 1.43. The summed E-state index contributed by atoms with van der Waals surface area (Å²) in [6.45, 7) is 2.21. The average molecular weight is 399 g/mol. The van der Waals surface area contributed by atoms with Crippen molar-refractivity contribution in [1.29, 1.82) is 0 Å². The topological polar surface area (TPSA) is 66.1 Å². The summed E-state index contributed by atoms with van der Waals surface area (Å²) in [5.41, 5.74) is 2.19. The van der Waals surface area contributed by atoms with Gasteiger partial charge in [-0.1, -0.05) is 0 Å². The first-order chi connectivity index (χ1) is 13.4. The fourth-order valence-electron chi connectivity index (χ4n) is 4.75. The second-order valence-electron chi connectivity index (χ2n) is 8.13. The molecule has 0 unspecified atom stereocenters. The number of rotatable bonds is 3. The van der Waals surface area contributed by atoms with Gasteiger partial charge in [0.2, 0.25) is 12.7 Å². The average Bonchev–Trinajstić information content (AvgIpc) is 3.15. The normalized spacial score (nSPS) is 26.8. The van der Waals surface area contributed by atoms with E-state index in [1.54, 1.807) is 6.20 Å². The third-order valence-electron chi connectivity index (χ3n) is 6.18. The fourth-order valence-corrected chi connectivity index (χ4v) is 5.13. The first-order valence-corrected chi connectivity index (χ1v) is 9.60. The van der Waals surface area contributed by atoms with Crippen LogP contribution in [0.1, 0.15) is 24.8 Å². The molecule has 4 aliphatic rings. The summed E-state index contributed by atoms with van der Waals surface area (Å²) in [5.74, 6) is 1.89. The van der Waals surface area contributed by atoms with Gasteiger partial charge < -0.3 is 19.4 Å². The number of aryl methyl sites for hydroxylation is 2. The van der Waals surface area contributed by atoms with E-state index >= 15 is 0 Å². The lowest BCUT2D eigenvalue weighted by molar-refractivity contribution is -0.197. The van der Waals surface area contributed by atoms with Crippen molar-refractivity contribution in [3.8, 4) is 11.5 Å². The molecule has 3 heterocycles. The molecule has 1 N–H and O–H groups in total. The quantitative estimate of drug-likeness (QED) is 0.675. The molecule has 0 atom stereocenters. The first kappa shape index (κ1) is 16.3. The Bertz CT molecular complexity index is 1210. The molecule has 9 heteroatoms. The largest absolute Gasteiger partial charge is 0.454 e. The lowest BCUT2D eigenvalue weighted by atomic mass is 9.47. The predicted molar refractivity (Wildman–Crippen MR) is 104 cm³/mol. The van der Waals surface area contributed by atoms with Gasteiger partial charge in [0.25, 0.3) is 0 Å². The number of alkyl halides is 1. The summed E-state index contributed by atoms with van der Waals surface area (Å²) in [4.78, 5) is 9.20. The predicted octanol–water partition coefficient (Wildman–Crippen LogP) is 3.88. The summed E-state index contributed by atoms with van der Waals surface area (Å²) in [6.07, 6.45) is 3.31. The molecule has 0 radical (unpaired) electrons. The highest BCUT2D eigenvalue weighted by Crippen LogP contribution is 2.68. The minimum atomic E-state index is -1.01. The number of nitrogens with one attached hydrogen (secondary N) is 1. The van der Waals surface area contributed by atoms with E-state index in [0.717, 1.165) is 28.2 Å². The minimum Gasteiger partial charge on any atom is -0.454 e. The number of halogens is 1. The molecule has 3 aromatic rings. The van der Waals surface area contributed by atoms with Crippen LogP contribution in [0, 0.1) is 11.7 Å². The molecule has 3 fully saturated rings. The van der Waals surface area contributed by atoms with Gasteiger partial charge in [-0.25, -0.2) is 9.37 Å². The number of imidazole rings is 1. The van der Waals surface area contributed by atoms with Gasteiger partial charge in [-0.05, 0) is 30.8 Å². The van der Waals surface area contributed by atoms with Crippen molar-refractivity contribution in [2.45, 2.75) is 37.4 Å². The van der Waals surface area contributed by atoms with Crippen LogP contribution in [0.4, 0.5) is 16.0 Å². The maximum absolute atomic E-state index is 14.1. The monoisotopic (exact) mass is 399 g/mol. The minimum absolute atomic E-state index is 0.227. The standard InChI is InChI=1S/C19H18FN5O2S/c1-10-3-13-14(27-9-26-13)4-11(10)22-16-21-5-12-15(23-16)25(17(28)24(12)2)19-6-18(20,7-19)8-19/h3-5H,6-9H2,1-2H3,(H,21,22,23). The molecule has 2 bridgehead atoms. The lowest BCUT2D eigenvalue weighted by Gasteiger charge is -2.65. The van der Waals surface area contributed by atoms with Gasteiger partial charge in [0.05, 0.1) is 11.7 Å². The summed E-state index contributed by atoms with van der Waals surface area (Å²) >= 11 is 5.64. The van der Waals surface area contributed by atoms with Gasteiger partial charge in [-0.2, -0.15) is 4.98 Å². The molecule has 7 nitrogen and oxygen atoms in total. The highest BCUT2D eigenvalue weighted by molar-refractivity contribution is 7.71. The number of ether oxygens (including phenoxy) is 2. The molecular formula is C19H18FN5O2S. The van der Waals surface area contributed by atoms with Gasteiger partial charge in [-0.3, -0.25) is 4.57 Å². The molecule has 0 spiro atoms. The van der Waals surface area contributed by atoms with Gasteiger partial charge in [0.1, 0.15) is 11.2 Å². The van der Waals surface area contributed by atoms with Crippen LogP contribution in [0.5, 0.6) is 11.5 Å². The molecular weight excluding hydrogens is 381 g/mol. The van der Waals surface area contributed by atoms with Crippen molar-refractivity contribution < 1.29 is 13.9 Å². The van der Waals surface area contributed by atoms with Crippen LogP contribution in [-0.4, -0.2) is 31.6 Å². The number of fused-ring (bicyclic) bond motifs is 2. The summed E-state index contributed by atoms with van der Waals surface area (Å²) in [7, 11) is 1.90. The van der Waals surface area contributed by atoms with Gasteiger partial charge in [-0.15, -0.1) is 0 Å². The number of benzene rings is 1. The van der Waals surface area contributed by atoms with E-state index in [2.05, 4.69) is 10.3 Å². The van der Waals surface area contributed by atoms with Crippen LogP contribution in [0.15, 0.2) is 18.3 Å². The van der Waals surface area contributed by atoms with Crippen molar-refractivity contribution in [2.75, 3.05) is 12.1 Å². The molecule has 3 saturated carbocycles. The van der Waals surface area contributed by atoms with E-state index in [4.69, 9.17) is 26.7 Å². The van der Waals surface area contributed by atoms with E-state index in [0.29, 0.717) is 35.7 Å². The summed E-state index contributed by atoms with van der Waals surface area (Å²) in [5, 5.41) is 3.27. The van der Waals surface area contributed by atoms with Gasteiger partial charge >= 0.3 is 0 Å². The Morgan fingerprint density at radius 3 is 2.64 bits per heavy atom. The third-order valence-corrected chi connectivity index (χ3v) is 6.64. The Labute approximate surface area is 165 Å². The molecule has 2 aromatic heterocycles. The van der Waals surface area contributed by atoms with E-state index in [1.165, 1.54) is 0 Å². The highest BCUT2D eigenvalue weighted by Gasteiger charge is 2.71. The maximum atomic E-state index is 14.1. The van der Waals surface area contributed by atoms with Crippen LogP contribution in [-0.2, 0) is 12.6 Å². The van der Waals surface area contributed by atoms with Crippen LogP contribution in [0.2, 0.25) is 0 Å². The van der Waals surface area contributed by atoms with Crippen molar-refractivity contribution in [3.05, 3.63) is 28.7 Å². The number of hydrogen-bond acceptors (Lipinski definition) is 6. The summed E-state index contributed by atoms with van der Waals surface area (Å²) in [6, 6.07) is 3.81. The maximum Gasteiger partial charge on any atom is 0.231 e. The SMILES string of the molecule is Cc1cc2c(cc1Nc1ncc3c(n1)n(C14CC(F)(C1)C4)c(=S)n3C)OCO2. The Morgan fingerprint density at radius 1 is 1.21 bits per heavy atom. The van der Waals surface area contributed by atoms with Crippen molar-refractivity contribution in [1.82, 2.24) is 19.1 Å². The summed E-state index contributed by atoms with van der Waals surface area (Å²) < 4.78 is 29.6. The smallest absolute Gasteiger partial charge is 0.231 e. The molecule has 28 heavy (non-hydrogen) atoms. The first-order valence-electron chi connectivity index (χ1n) is 9.19. The number of nitrogens with zero attached hydrogens (tertiary/aromatic N) is 4. The van der Waals surface area contributed by atoms with Gasteiger partial charge in [0, 0.05) is 38.1 Å². The molecule has 3 aliphatic carbocycles. The highest BCUT2D eigenvalue weighted by atomic mass is 32.1. The zero-order chi connectivity index (χ0) is 19.3. The Morgan fingerprint density at radius 2 is 1.93 bits per heavy atom. The molecule has 0 saturated heterocycles. The van der Waals surface area contributed by atoms with E-state index < -0.39 is 5.67 Å². The molecule has 7 rings (SSSR count). The molecule has 1 aromatic carbocycles. The zero-order valence-electron chi connectivity index (χ0n) is 15.5. The van der Waals surface area contributed by atoms with Crippen molar-refractivity contribution in [2.24, 2.45) is 7.05 Å². The van der Waals surface area contributed by atoms with Gasteiger partial charge in [0.15, 0.2) is 21.9 Å². The second-order valence-corrected chi connectivity index (χ2v) is 8.50. The van der Waals surface area contributed by atoms with Crippen LogP contribution in [0.3, 0.4) is 0 Å². The molecule has 144 valence electrons. The Hall–Kier alpha value is -2.68. The van der Waals surface area contributed by atoms with E-state index in [-0.39, 0.29) is 12.3 Å². The number of anilines is 2. The second kappa shape index (κ2) is 5.02. The molecule has 0 amide bonds. The third kappa shape index (κ3) is 1.99. The lowest BCUT2D eigenvalue weighted by Crippen LogP contribution is -2.70. The van der Waals surface area contributed by atoms with Crippen LogP contribution < -0.4 is 14.8 Å². The fraction of sp³-hybridized carbons (Fsp3) is 0.421. The number of aromatic nitrogens is 4.